The number of hydrogen-bond acceptors (Lipinski definition) is 2. The summed E-state index contributed by atoms with van der Waals surface area (Å²) in [4.78, 5) is 0. The molecule has 0 radical (unpaired) electrons. The van der Waals surface area contributed by atoms with Crippen molar-refractivity contribution < 1.29 is 13.9 Å². The first kappa shape index (κ1) is 13.5. The second-order valence-electron chi connectivity index (χ2n) is 4.14. The lowest BCUT2D eigenvalue weighted by Gasteiger charge is -2.22. The summed E-state index contributed by atoms with van der Waals surface area (Å²) in [5, 5.41) is 0. The van der Waals surface area contributed by atoms with E-state index in [4.69, 9.17) is 9.47 Å². The second kappa shape index (κ2) is 5.64. The standard InChI is InChI=1S/C12H16BrFO2/c1-12(2,15-3)6-7-16-11-8-9(13)4-5-10(11)14/h4-5,8H,6-7H2,1-3H3. The molecule has 0 spiro atoms. The molecule has 2 nitrogen and oxygen atoms in total. The molecule has 0 aliphatic rings. The minimum absolute atomic E-state index is 0.248. The monoisotopic (exact) mass is 290 g/mol. The van der Waals surface area contributed by atoms with Crippen LogP contribution in [-0.4, -0.2) is 19.3 Å². The molecule has 1 aromatic carbocycles. The fourth-order valence-electron chi connectivity index (χ4n) is 1.10. The summed E-state index contributed by atoms with van der Waals surface area (Å²) in [6.07, 6.45) is 0.704. The minimum atomic E-state index is -0.349. The molecular weight excluding hydrogens is 275 g/mol. The Kier molecular flexibility index (Phi) is 4.74. The van der Waals surface area contributed by atoms with Gasteiger partial charge in [0.1, 0.15) is 0 Å². The number of hydrogen-bond donors (Lipinski definition) is 0. The lowest BCUT2D eigenvalue weighted by molar-refractivity contribution is 0.00513. The van der Waals surface area contributed by atoms with E-state index >= 15 is 0 Å². The van der Waals surface area contributed by atoms with Gasteiger partial charge < -0.3 is 9.47 Å². The van der Waals surface area contributed by atoms with Gasteiger partial charge in [-0.15, -0.1) is 0 Å². The molecule has 16 heavy (non-hydrogen) atoms. The van der Waals surface area contributed by atoms with Crippen molar-refractivity contribution in [3.63, 3.8) is 0 Å². The van der Waals surface area contributed by atoms with Crippen molar-refractivity contribution >= 4 is 15.9 Å². The zero-order valence-electron chi connectivity index (χ0n) is 9.72. The molecule has 0 aliphatic carbocycles. The van der Waals surface area contributed by atoms with Gasteiger partial charge in [0.2, 0.25) is 0 Å². The van der Waals surface area contributed by atoms with Crippen molar-refractivity contribution in [1.82, 2.24) is 0 Å². The van der Waals surface area contributed by atoms with E-state index in [0.717, 1.165) is 4.47 Å². The van der Waals surface area contributed by atoms with Crippen molar-refractivity contribution in [3.05, 3.63) is 28.5 Å². The molecule has 0 aliphatic heterocycles. The van der Waals surface area contributed by atoms with E-state index in [2.05, 4.69) is 15.9 Å². The quantitative estimate of drug-likeness (QED) is 0.822. The molecular formula is C12H16BrFO2. The van der Waals surface area contributed by atoms with Crippen molar-refractivity contribution in [1.29, 1.82) is 0 Å². The molecule has 0 N–H and O–H groups in total. The fourth-order valence-corrected chi connectivity index (χ4v) is 1.44. The van der Waals surface area contributed by atoms with Gasteiger partial charge in [-0.1, -0.05) is 15.9 Å². The van der Waals surface area contributed by atoms with E-state index < -0.39 is 0 Å². The van der Waals surface area contributed by atoms with Crippen LogP contribution in [0.1, 0.15) is 20.3 Å². The number of ether oxygens (including phenoxy) is 2. The van der Waals surface area contributed by atoms with Gasteiger partial charge in [0, 0.05) is 18.0 Å². The highest BCUT2D eigenvalue weighted by Crippen LogP contribution is 2.23. The Morgan fingerprint density at radius 2 is 2.06 bits per heavy atom. The van der Waals surface area contributed by atoms with E-state index in [9.17, 15) is 4.39 Å². The van der Waals surface area contributed by atoms with Gasteiger partial charge in [0.05, 0.1) is 12.2 Å². The zero-order valence-corrected chi connectivity index (χ0v) is 11.3. The molecule has 0 unspecified atom stereocenters. The number of halogens is 2. The smallest absolute Gasteiger partial charge is 0.165 e. The third kappa shape index (κ3) is 4.10. The van der Waals surface area contributed by atoms with Crippen molar-refractivity contribution in [3.8, 4) is 5.75 Å². The molecule has 0 bridgehead atoms. The Balaban J connectivity index is 2.52. The Morgan fingerprint density at radius 1 is 1.38 bits per heavy atom. The van der Waals surface area contributed by atoms with Gasteiger partial charge in [0.25, 0.3) is 0 Å². The van der Waals surface area contributed by atoms with Gasteiger partial charge in [-0.3, -0.25) is 0 Å². The Morgan fingerprint density at radius 3 is 2.69 bits per heavy atom. The molecule has 0 fully saturated rings. The van der Waals surface area contributed by atoms with Crippen LogP contribution in [0.5, 0.6) is 5.75 Å². The summed E-state index contributed by atoms with van der Waals surface area (Å²) in [6.45, 7) is 4.36. The molecule has 1 rings (SSSR count). The van der Waals surface area contributed by atoms with Crippen LogP contribution in [-0.2, 0) is 4.74 Å². The predicted molar refractivity (Wildman–Crippen MR) is 65.3 cm³/mol. The highest BCUT2D eigenvalue weighted by atomic mass is 79.9. The lowest BCUT2D eigenvalue weighted by atomic mass is 10.1. The van der Waals surface area contributed by atoms with E-state index in [1.807, 2.05) is 13.8 Å². The summed E-state index contributed by atoms with van der Waals surface area (Å²) in [5.74, 6) is -0.0836. The zero-order chi connectivity index (χ0) is 12.2. The first-order chi connectivity index (χ1) is 7.44. The summed E-state index contributed by atoms with van der Waals surface area (Å²) >= 11 is 3.27. The first-order valence-electron chi connectivity index (χ1n) is 5.07. The van der Waals surface area contributed by atoms with Gasteiger partial charge in [-0.25, -0.2) is 4.39 Å². The summed E-state index contributed by atoms with van der Waals surface area (Å²) < 4.78 is 24.7. The molecule has 4 heteroatoms. The molecule has 0 heterocycles. The summed E-state index contributed by atoms with van der Waals surface area (Å²) in [7, 11) is 1.65. The van der Waals surface area contributed by atoms with Crippen LogP contribution >= 0.6 is 15.9 Å². The highest BCUT2D eigenvalue weighted by Gasteiger charge is 2.16. The highest BCUT2D eigenvalue weighted by molar-refractivity contribution is 9.10. The van der Waals surface area contributed by atoms with Gasteiger partial charge >= 0.3 is 0 Å². The largest absolute Gasteiger partial charge is 0.490 e. The number of methoxy groups -OCH3 is 1. The molecule has 1 aromatic rings. The molecule has 0 saturated heterocycles. The molecule has 0 aromatic heterocycles. The van der Waals surface area contributed by atoms with E-state index in [-0.39, 0.29) is 17.2 Å². The van der Waals surface area contributed by atoms with Crippen molar-refractivity contribution in [2.75, 3.05) is 13.7 Å². The van der Waals surface area contributed by atoms with Crippen LogP contribution in [0.25, 0.3) is 0 Å². The fraction of sp³-hybridized carbons (Fsp3) is 0.500. The number of rotatable bonds is 5. The maximum absolute atomic E-state index is 13.3. The number of benzene rings is 1. The topological polar surface area (TPSA) is 18.5 Å². The average molecular weight is 291 g/mol. The summed E-state index contributed by atoms with van der Waals surface area (Å²) in [6, 6.07) is 4.64. The lowest BCUT2D eigenvalue weighted by Crippen LogP contribution is -2.25. The normalized spacial score (nSPS) is 11.6. The molecule has 0 atom stereocenters. The van der Waals surface area contributed by atoms with Crippen LogP contribution in [0.4, 0.5) is 4.39 Å². The van der Waals surface area contributed by atoms with Crippen LogP contribution < -0.4 is 4.74 Å². The Hall–Kier alpha value is -0.610. The van der Waals surface area contributed by atoms with Crippen LogP contribution in [0, 0.1) is 5.82 Å². The summed E-state index contributed by atoms with van der Waals surface area (Å²) in [5.41, 5.74) is -0.248. The Labute approximate surface area is 104 Å². The Bertz CT molecular complexity index is 353. The third-order valence-corrected chi connectivity index (χ3v) is 2.90. The maximum atomic E-state index is 13.3. The van der Waals surface area contributed by atoms with Crippen LogP contribution in [0.2, 0.25) is 0 Å². The van der Waals surface area contributed by atoms with Crippen molar-refractivity contribution in [2.24, 2.45) is 0 Å². The van der Waals surface area contributed by atoms with Gasteiger partial charge in [-0.2, -0.15) is 0 Å². The third-order valence-electron chi connectivity index (χ3n) is 2.41. The first-order valence-corrected chi connectivity index (χ1v) is 5.87. The molecule has 0 amide bonds. The van der Waals surface area contributed by atoms with Gasteiger partial charge in [-0.05, 0) is 32.0 Å². The maximum Gasteiger partial charge on any atom is 0.165 e. The molecule has 90 valence electrons. The van der Waals surface area contributed by atoms with E-state index in [1.54, 1.807) is 19.2 Å². The van der Waals surface area contributed by atoms with E-state index in [1.165, 1.54) is 6.07 Å². The van der Waals surface area contributed by atoms with Gasteiger partial charge in [0.15, 0.2) is 11.6 Å². The second-order valence-corrected chi connectivity index (χ2v) is 5.05. The average Bonchev–Trinajstić information content (AvgIpc) is 2.23. The van der Waals surface area contributed by atoms with Crippen LogP contribution in [0.3, 0.4) is 0 Å². The predicted octanol–water partition coefficient (Wildman–Crippen LogP) is 3.78. The minimum Gasteiger partial charge on any atom is -0.490 e. The van der Waals surface area contributed by atoms with E-state index in [0.29, 0.717) is 13.0 Å². The van der Waals surface area contributed by atoms with Crippen molar-refractivity contribution in [2.45, 2.75) is 25.9 Å². The van der Waals surface area contributed by atoms with Crippen LogP contribution in [0.15, 0.2) is 22.7 Å². The molecule has 0 saturated carbocycles. The SMILES string of the molecule is COC(C)(C)CCOc1cc(Br)ccc1F.